The lowest BCUT2D eigenvalue weighted by molar-refractivity contribution is 0.386. The summed E-state index contributed by atoms with van der Waals surface area (Å²) in [5.41, 5.74) is 1.53. The van der Waals surface area contributed by atoms with Gasteiger partial charge < -0.3 is 9.62 Å². The molecule has 0 saturated heterocycles. The minimum Gasteiger partial charge on any atom is -0.325 e. The molecule has 0 atom stereocenters. The first-order chi connectivity index (χ1) is 9.18. The summed E-state index contributed by atoms with van der Waals surface area (Å²) >= 11 is 0. The lowest BCUT2D eigenvalue weighted by Gasteiger charge is -2.33. The Morgan fingerprint density at radius 3 is 1.74 bits per heavy atom. The number of hydrogen-bond acceptors (Lipinski definition) is 2. The second kappa shape index (κ2) is 11.3. The van der Waals surface area contributed by atoms with Crippen LogP contribution >= 0.6 is 0 Å². The molecule has 0 spiro atoms. The molecule has 110 valence electrons. The summed E-state index contributed by atoms with van der Waals surface area (Å²) in [4.78, 5) is 5.07. The minimum atomic E-state index is 0.437. The van der Waals surface area contributed by atoms with Gasteiger partial charge in [0.2, 0.25) is 0 Å². The number of rotatable bonds is 11. The van der Waals surface area contributed by atoms with E-state index in [-0.39, 0.29) is 0 Å². The first-order valence-corrected chi connectivity index (χ1v) is 7.96. The average molecular weight is 264 g/mol. The topological polar surface area (TPSA) is 6.48 Å². The Balaban J connectivity index is 5.17. The second-order valence-electron chi connectivity index (χ2n) is 4.92. The fourth-order valence-electron chi connectivity index (χ4n) is 2.61. The Bertz CT molecular complexity index is 243. The zero-order chi connectivity index (χ0) is 14.7. The largest absolute Gasteiger partial charge is 0.338 e. The predicted molar refractivity (Wildman–Crippen MR) is 89.4 cm³/mol. The van der Waals surface area contributed by atoms with E-state index in [1.165, 1.54) is 18.4 Å². The molecular weight excluding hydrogens is 231 g/mol. The lowest BCUT2D eigenvalue weighted by atomic mass is 9.68. The Hall–Kier alpha value is -0.535. The van der Waals surface area contributed by atoms with Crippen molar-refractivity contribution in [3.8, 4) is 0 Å². The van der Waals surface area contributed by atoms with Crippen molar-refractivity contribution >= 4 is 6.98 Å². The third-order valence-corrected chi connectivity index (χ3v) is 3.74. The van der Waals surface area contributed by atoms with Crippen molar-refractivity contribution in [2.45, 2.75) is 53.9 Å². The maximum atomic E-state index is 3.89. The van der Waals surface area contributed by atoms with E-state index in [4.69, 9.17) is 0 Å². The maximum absolute atomic E-state index is 3.89. The highest BCUT2D eigenvalue weighted by molar-refractivity contribution is 6.58. The molecule has 0 fully saturated rings. The second-order valence-corrected chi connectivity index (χ2v) is 4.92. The summed E-state index contributed by atoms with van der Waals surface area (Å²) in [6, 6.07) is 0. The zero-order valence-electron chi connectivity index (χ0n) is 13.8. The van der Waals surface area contributed by atoms with E-state index in [0.717, 1.165) is 32.6 Å². The van der Waals surface area contributed by atoms with Gasteiger partial charge in [-0.1, -0.05) is 58.7 Å². The molecule has 3 heteroatoms. The van der Waals surface area contributed by atoms with Crippen molar-refractivity contribution in [1.82, 2.24) is 9.62 Å². The Morgan fingerprint density at radius 2 is 1.42 bits per heavy atom. The van der Waals surface area contributed by atoms with Crippen LogP contribution in [0.1, 0.15) is 53.9 Å². The van der Waals surface area contributed by atoms with E-state index in [1.807, 2.05) is 6.08 Å². The van der Waals surface area contributed by atoms with Gasteiger partial charge in [-0.2, -0.15) is 0 Å². The molecule has 0 aromatic heterocycles. The standard InChI is InChI=1S/C16H33BN2/c1-7-13-16(14-8-2)15-17(18(9-3)10-4)19(11-5)12-6/h7,15H,1,8-14H2,2-6H3/b16-15+. The monoisotopic (exact) mass is 264 g/mol. The van der Waals surface area contributed by atoms with Gasteiger partial charge in [0, 0.05) is 0 Å². The molecule has 0 aliphatic carbocycles. The van der Waals surface area contributed by atoms with Gasteiger partial charge in [-0.3, -0.25) is 0 Å². The molecule has 2 nitrogen and oxygen atoms in total. The van der Waals surface area contributed by atoms with Crippen LogP contribution in [0.4, 0.5) is 0 Å². The van der Waals surface area contributed by atoms with Crippen molar-refractivity contribution in [1.29, 1.82) is 0 Å². The van der Waals surface area contributed by atoms with Gasteiger partial charge in [0.05, 0.1) is 0 Å². The van der Waals surface area contributed by atoms with E-state index in [1.54, 1.807) is 0 Å². The lowest BCUT2D eigenvalue weighted by Crippen LogP contribution is -2.51. The molecule has 0 aromatic rings. The fraction of sp³-hybridized carbons (Fsp3) is 0.750. The molecule has 0 N–H and O–H groups in total. The summed E-state index contributed by atoms with van der Waals surface area (Å²) in [5.74, 6) is 2.48. The minimum absolute atomic E-state index is 0.437. The Labute approximate surface area is 121 Å². The summed E-state index contributed by atoms with van der Waals surface area (Å²) in [6.45, 7) is 20.0. The number of allylic oxidation sites excluding steroid dienone is 2. The molecule has 0 aromatic carbocycles. The molecule has 0 saturated carbocycles. The van der Waals surface area contributed by atoms with Crippen LogP contribution in [0.5, 0.6) is 0 Å². The first-order valence-electron chi connectivity index (χ1n) is 7.96. The highest BCUT2D eigenvalue weighted by Crippen LogP contribution is 2.14. The van der Waals surface area contributed by atoms with E-state index in [2.05, 4.69) is 56.8 Å². The van der Waals surface area contributed by atoms with E-state index >= 15 is 0 Å². The normalized spacial score (nSPS) is 12.3. The van der Waals surface area contributed by atoms with Crippen LogP contribution in [0.25, 0.3) is 0 Å². The van der Waals surface area contributed by atoms with Gasteiger partial charge in [0.25, 0.3) is 0 Å². The molecule has 0 rings (SSSR count). The van der Waals surface area contributed by atoms with E-state index < -0.39 is 0 Å². The van der Waals surface area contributed by atoms with Crippen LogP contribution in [0.2, 0.25) is 0 Å². The third-order valence-electron chi connectivity index (χ3n) is 3.74. The molecule has 0 radical (unpaired) electrons. The molecule has 0 aliphatic rings. The van der Waals surface area contributed by atoms with Crippen molar-refractivity contribution in [3.05, 3.63) is 24.2 Å². The number of nitrogens with zero attached hydrogens (tertiary/aromatic N) is 2. The van der Waals surface area contributed by atoms with Crippen LogP contribution in [0, 0.1) is 0 Å². The zero-order valence-corrected chi connectivity index (χ0v) is 13.8. The van der Waals surface area contributed by atoms with Gasteiger partial charge in [-0.25, -0.2) is 0 Å². The van der Waals surface area contributed by atoms with Crippen LogP contribution in [0.3, 0.4) is 0 Å². The van der Waals surface area contributed by atoms with Gasteiger partial charge in [-0.05, 0) is 39.0 Å². The predicted octanol–water partition coefficient (Wildman–Crippen LogP) is 4.00. The van der Waals surface area contributed by atoms with Gasteiger partial charge >= 0.3 is 6.98 Å². The summed E-state index contributed by atoms with van der Waals surface area (Å²) in [5, 5.41) is 0. The molecular formula is C16H33BN2. The Kier molecular flexibility index (Phi) is 11.0. The van der Waals surface area contributed by atoms with E-state index in [9.17, 15) is 0 Å². The van der Waals surface area contributed by atoms with Crippen LogP contribution < -0.4 is 0 Å². The van der Waals surface area contributed by atoms with Crippen LogP contribution in [-0.2, 0) is 0 Å². The Morgan fingerprint density at radius 1 is 0.947 bits per heavy atom. The molecule has 19 heavy (non-hydrogen) atoms. The summed E-state index contributed by atoms with van der Waals surface area (Å²) < 4.78 is 0. The van der Waals surface area contributed by atoms with Crippen molar-refractivity contribution < 1.29 is 0 Å². The van der Waals surface area contributed by atoms with Gasteiger partial charge in [-0.15, -0.1) is 6.58 Å². The van der Waals surface area contributed by atoms with Gasteiger partial charge in [0.15, 0.2) is 0 Å². The molecule has 0 heterocycles. The smallest absolute Gasteiger partial charge is 0.325 e. The first kappa shape index (κ1) is 18.5. The van der Waals surface area contributed by atoms with E-state index in [0.29, 0.717) is 6.98 Å². The average Bonchev–Trinajstić information content (AvgIpc) is 2.41. The quantitative estimate of drug-likeness (QED) is 0.411. The fourth-order valence-corrected chi connectivity index (χ4v) is 2.61. The van der Waals surface area contributed by atoms with Gasteiger partial charge in [0.1, 0.15) is 0 Å². The highest BCUT2D eigenvalue weighted by Gasteiger charge is 2.25. The maximum Gasteiger partial charge on any atom is 0.338 e. The molecule has 0 amide bonds. The summed E-state index contributed by atoms with van der Waals surface area (Å²) in [6.07, 6.45) is 5.45. The third kappa shape index (κ3) is 6.44. The molecule has 0 bridgehead atoms. The molecule has 0 unspecified atom stereocenters. The van der Waals surface area contributed by atoms with Crippen LogP contribution in [-0.4, -0.2) is 42.8 Å². The summed E-state index contributed by atoms with van der Waals surface area (Å²) in [7, 11) is 0. The molecule has 0 aliphatic heterocycles. The SMILES string of the molecule is C=CC/C(=C\B(N(CC)CC)N(CC)CC)CCC. The van der Waals surface area contributed by atoms with Crippen LogP contribution in [0.15, 0.2) is 24.2 Å². The van der Waals surface area contributed by atoms with Crippen molar-refractivity contribution in [2.24, 2.45) is 0 Å². The van der Waals surface area contributed by atoms with Crippen molar-refractivity contribution in [3.63, 3.8) is 0 Å². The number of hydrogen-bond donors (Lipinski definition) is 0. The highest BCUT2D eigenvalue weighted by atomic mass is 15.2. The van der Waals surface area contributed by atoms with Crippen molar-refractivity contribution in [2.75, 3.05) is 26.2 Å².